The third kappa shape index (κ3) is 2.97. The van der Waals surface area contributed by atoms with Crippen LogP contribution in [0.1, 0.15) is 22.9 Å². The van der Waals surface area contributed by atoms with Crippen molar-refractivity contribution in [1.82, 2.24) is 13.7 Å². The normalized spacial score (nSPS) is 14.4. The van der Waals surface area contributed by atoms with E-state index in [-0.39, 0.29) is 5.75 Å². The lowest BCUT2D eigenvalue weighted by Crippen LogP contribution is -2.37. The quantitative estimate of drug-likeness (QED) is 0.406. The van der Waals surface area contributed by atoms with Crippen molar-refractivity contribution in [2.75, 3.05) is 0 Å². The van der Waals surface area contributed by atoms with Gasteiger partial charge in [0.25, 0.3) is 5.56 Å². The molecule has 0 bridgehead atoms. The average Bonchev–Trinajstić information content (AvgIpc) is 3.23. The highest BCUT2D eigenvalue weighted by atomic mass is 19.1. The molecule has 0 spiro atoms. The van der Waals surface area contributed by atoms with E-state index in [2.05, 4.69) is 0 Å². The van der Waals surface area contributed by atoms with Crippen molar-refractivity contribution >= 4 is 10.9 Å². The Labute approximate surface area is 204 Å². The predicted octanol–water partition coefficient (Wildman–Crippen LogP) is 4.33. The number of nitrogens with zero attached hydrogens (tertiary/aromatic N) is 3. The number of para-hydroxylation sites is 2. The molecular formula is C28H22FN3O4. The molecule has 0 fully saturated rings. The van der Waals surface area contributed by atoms with E-state index >= 15 is 0 Å². The van der Waals surface area contributed by atoms with Crippen LogP contribution >= 0.6 is 0 Å². The second kappa shape index (κ2) is 7.71. The van der Waals surface area contributed by atoms with Crippen LogP contribution < -0.4 is 16.0 Å². The van der Waals surface area contributed by atoms with Gasteiger partial charge in [0.05, 0.1) is 28.0 Å². The molecule has 36 heavy (non-hydrogen) atoms. The molecule has 1 unspecified atom stereocenters. The number of hydrogen-bond donors (Lipinski definition) is 1. The first-order valence-corrected chi connectivity index (χ1v) is 11.4. The Morgan fingerprint density at radius 3 is 2.39 bits per heavy atom. The number of aromatic nitrogens is 3. The zero-order chi connectivity index (χ0) is 25.3. The first kappa shape index (κ1) is 21.9. The molecule has 8 heteroatoms. The Kier molecular flexibility index (Phi) is 4.69. The summed E-state index contributed by atoms with van der Waals surface area (Å²) in [4.78, 5) is 26.7. The molecule has 0 saturated heterocycles. The molecule has 0 aliphatic carbocycles. The molecule has 6 rings (SSSR count). The van der Waals surface area contributed by atoms with Crippen molar-refractivity contribution in [3.8, 4) is 28.4 Å². The summed E-state index contributed by atoms with van der Waals surface area (Å²) < 4.78 is 24.7. The number of aromatic hydroxyl groups is 1. The number of ether oxygens (including phenoxy) is 1. The summed E-state index contributed by atoms with van der Waals surface area (Å²) in [6.07, 6.45) is -0.824. The van der Waals surface area contributed by atoms with Gasteiger partial charge in [-0.25, -0.2) is 9.18 Å². The molecule has 1 atom stereocenters. The maximum Gasteiger partial charge on any atom is 0.331 e. The number of phenolic OH excluding ortho intramolecular Hbond substituents is 1. The van der Waals surface area contributed by atoms with Gasteiger partial charge in [0, 0.05) is 19.7 Å². The molecule has 180 valence electrons. The van der Waals surface area contributed by atoms with Gasteiger partial charge >= 0.3 is 5.69 Å². The lowest BCUT2D eigenvalue weighted by Gasteiger charge is -2.30. The fourth-order valence-corrected chi connectivity index (χ4v) is 5.08. The molecule has 1 N–H and O–H groups in total. The number of hydrogen-bond acceptors (Lipinski definition) is 4. The van der Waals surface area contributed by atoms with E-state index in [0.717, 1.165) is 10.1 Å². The van der Waals surface area contributed by atoms with Crippen molar-refractivity contribution < 1.29 is 14.2 Å². The zero-order valence-electron chi connectivity index (χ0n) is 19.8. The second-order valence-electron chi connectivity index (χ2n) is 9.03. The highest BCUT2D eigenvalue weighted by Crippen LogP contribution is 2.47. The maximum absolute atomic E-state index is 13.9. The Bertz CT molecular complexity index is 1810. The van der Waals surface area contributed by atoms with Crippen molar-refractivity contribution in [3.05, 3.63) is 110 Å². The lowest BCUT2D eigenvalue weighted by molar-refractivity contribution is 0.224. The van der Waals surface area contributed by atoms with Gasteiger partial charge in [-0.15, -0.1) is 0 Å². The lowest BCUT2D eigenvalue weighted by atomic mass is 10.0. The van der Waals surface area contributed by atoms with Gasteiger partial charge in [0.2, 0.25) is 0 Å². The Morgan fingerprint density at radius 1 is 0.944 bits per heavy atom. The van der Waals surface area contributed by atoms with Gasteiger partial charge < -0.3 is 14.4 Å². The van der Waals surface area contributed by atoms with Gasteiger partial charge in [0.1, 0.15) is 17.3 Å². The summed E-state index contributed by atoms with van der Waals surface area (Å²) in [6, 6.07) is 18.5. The summed E-state index contributed by atoms with van der Waals surface area (Å²) >= 11 is 0. The van der Waals surface area contributed by atoms with Crippen LogP contribution in [0.25, 0.3) is 27.8 Å². The number of benzene rings is 3. The number of phenols is 1. The molecule has 0 amide bonds. The molecule has 7 nitrogen and oxygen atoms in total. The summed E-state index contributed by atoms with van der Waals surface area (Å²) in [6.45, 7) is 1.87. The Hall–Kier alpha value is -4.59. The van der Waals surface area contributed by atoms with E-state index in [1.54, 1.807) is 31.3 Å². The third-order valence-electron chi connectivity index (χ3n) is 6.79. The zero-order valence-corrected chi connectivity index (χ0v) is 19.8. The number of rotatable bonds is 2. The molecule has 1 aliphatic rings. The Morgan fingerprint density at radius 2 is 1.67 bits per heavy atom. The molecule has 0 saturated carbocycles. The molecule has 1 aliphatic heterocycles. The molecule has 2 aromatic heterocycles. The van der Waals surface area contributed by atoms with Crippen LogP contribution in [-0.2, 0) is 14.1 Å². The highest BCUT2D eigenvalue weighted by Gasteiger charge is 2.37. The van der Waals surface area contributed by atoms with Crippen molar-refractivity contribution in [2.45, 2.75) is 13.0 Å². The molecule has 0 radical (unpaired) electrons. The van der Waals surface area contributed by atoms with Crippen molar-refractivity contribution in [3.63, 3.8) is 0 Å². The fraction of sp³-hybridized carbons (Fsp3) is 0.143. The van der Waals surface area contributed by atoms with Gasteiger partial charge in [0.15, 0.2) is 6.10 Å². The summed E-state index contributed by atoms with van der Waals surface area (Å²) in [5.74, 6) is 0.179. The van der Waals surface area contributed by atoms with Gasteiger partial charge in [-0.3, -0.25) is 13.9 Å². The molecule has 3 heterocycles. The smallest absolute Gasteiger partial charge is 0.331 e. The van der Waals surface area contributed by atoms with Crippen molar-refractivity contribution in [2.24, 2.45) is 14.1 Å². The predicted molar refractivity (Wildman–Crippen MR) is 134 cm³/mol. The standard InChI is InChI=1S/C28H22FN3O4/c1-15-8-13-18(20(33)14-15)26-25-24-22(27(34)31(3)28(35)30(24)2)23(16-9-11-17(29)12-10-16)32(25)19-6-4-5-7-21(19)36-26/h4-14,26,33H,1-3H3. The topological polar surface area (TPSA) is 78.4 Å². The summed E-state index contributed by atoms with van der Waals surface area (Å²) in [5.41, 5.74) is 3.11. The monoisotopic (exact) mass is 483 g/mol. The molecular weight excluding hydrogens is 461 g/mol. The first-order chi connectivity index (χ1) is 17.3. The van der Waals surface area contributed by atoms with Crippen LogP contribution in [0.5, 0.6) is 11.5 Å². The second-order valence-corrected chi connectivity index (χ2v) is 9.03. The maximum atomic E-state index is 13.9. The van der Waals surface area contributed by atoms with Crippen LogP contribution in [0.4, 0.5) is 4.39 Å². The highest BCUT2D eigenvalue weighted by molar-refractivity contribution is 5.98. The van der Waals surface area contributed by atoms with Crippen LogP contribution in [0.2, 0.25) is 0 Å². The minimum atomic E-state index is -0.824. The number of fused-ring (bicyclic) bond motifs is 5. The van der Waals surface area contributed by atoms with E-state index in [1.165, 1.54) is 23.7 Å². The van der Waals surface area contributed by atoms with Gasteiger partial charge in [-0.1, -0.05) is 24.3 Å². The van der Waals surface area contributed by atoms with Gasteiger partial charge in [-0.05, 0) is 60.5 Å². The minimum absolute atomic E-state index is 0.0393. The first-order valence-electron chi connectivity index (χ1n) is 11.4. The largest absolute Gasteiger partial charge is 0.508 e. The number of aryl methyl sites for hydroxylation is 2. The SMILES string of the molecule is Cc1ccc(C2Oc3ccccc3-n3c(-c4ccc(F)cc4)c4c(=O)n(C)c(=O)n(C)c4c32)c(O)c1. The molecule has 5 aromatic rings. The minimum Gasteiger partial charge on any atom is -0.508 e. The summed E-state index contributed by atoms with van der Waals surface area (Å²) in [5, 5.41) is 11.2. The van der Waals surface area contributed by atoms with Crippen LogP contribution in [0.15, 0.2) is 76.3 Å². The van der Waals surface area contributed by atoms with Crippen LogP contribution in [0.3, 0.4) is 0 Å². The van der Waals surface area contributed by atoms with E-state index in [1.807, 2.05) is 41.8 Å². The van der Waals surface area contributed by atoms with E-state index in [9.17, 15) is 19.1 Å². The summed E-state index contributed by atoms with van der Waals surface area (Å²) in [7, 11) is 3.04. The van der Waals surface area contributed by atoms with E-state index in [0.29, 0.717) is 44.9 Å². The third-order valence-corrected chi connectivity index (χ3v) is 6.79. The Balaban J connectivity index is 1.86. The van der Waals surface area contributed by atoms with E-state index in [4.69, 9.17) is 4.74 Å². The fourth-order valence-electron chi connectivity index (χ4n) is 5.08. The average molecular weight is 483 g/mol. The number of halogens is 1. The van der Waals surface area contributed by atoms with Crippen LogP contribution in [0, 0.1) is 12.7 Å². The van der Waals surface area contributed by atoms with Crippen molar-refractivity contribution in [1.29, 1.82) is 0 Å². The molecule has 3 aromatic carbocycles. The van der Waals surface area contributed by atoms with Crippen LogP contribution in [-0.4, -0.2) is 18.8 Å². The van der Waals surface area contributed by atoms with E-state index < -0.39 is 23.2 Å². The van der Waals surface area contributed by atoms with Gasteiger partial charge in [-0.2, -0.15) is 0 Å².